The van der Waals surface area contributed by atoms with E-state index < -0.39 is 17.7 Å². The summed E-state index contributed by atoms with van der Waals surface area (Å²) in [4.78, 5) is 37.4. The first kappa shape index (κ1) is 12.8. The minimum Gasteiger partial charge on any atom is -0.468 e. The lowest BCUT2D eigenvalue weighted by Gasteiger charge is -2.04. The number of aromatic nitrogens is 1. The molecule has 1 aromatic carbocycles. The number of ketones is 1. The second-order valence-electron chi connectivity index (χ2n) is 3.84. The highest BCUT2D eigenvalue weighted by Gasteiger charge is 2.19. The van der Waals surface area contributed by atoms with E-state index in [1.165, 1.54) is 7.11 Å². The van der Waals surface area contributed by atoms with Gasteiger partial charge >= 0.3 is 5.97 Å². The van der Waals surface area contributed by atoms with Crippen molar-refractivity contribution in [2.75, 3.05) is 13.7 Å². The first-order chi connectivity index (χ1) is 9.13. The van der Waals surface area contributed by atoms with Crippen molar-refractivity contribution in [1.29, 1.82) is 0 Å². The molecule has 1 heterocycles. The molecule has 2 rings (SSSR count). The molecule has 2 N–H and O–H groups in total. The molecule has 0 aliphatic heterocycles. The highest BCUT2D eigenvalue weighted by atomic mass is 16.5. The van der Waals surface area contributed by atoms with Gasteiger partial charge in [-0.25, -0.2) is 0 Å². The van der Waals surface area contributed by atoms with E-state index in [2.05, 4.69) is 15.0 Å². The van der Waals surface area contributed by atoms with Crippen molar-refractivity contribution < 1.29 is 19.1 Å². The lowest BCUT2D eigenvalue weighted by Crippen LogP contribution is -2.35. The molecule has 6 heteroatoms. The van der Waals surface area contributed by atoms with Gasteiger partial charge in [-0.3, -0.25) is 14.4 Å². The van der Waals surface area contributed by atoms with Crippen molar-refractivity contribution in [2.45, 2.75) is 0 Å². The van der Waals surface area contributed by atoms with Crippen LogP contribution in [0.5, 0.6) is 0 Å². The molecule has 98 valence electrons. The van der Waals surface area contributed by atoms with E-state index in [0.29, 0.717) is 5.52 Å². The van der Waals surface area contributed by atoms with Crippen LogP contribution in [0.4, 0.5) is 0 Å². The predicted molar refractivity (Wildman–Crippen MR) is 67.7 cm³/mol. The van der Waals surface area contributed by atoms with Gasteiger partial charge in [-0.1, -0.05) is 12.1 Å². The van der Waals surface area contributed by atoms with Crippen LogP contribution in [0, 0.1) is 0 Å². The van der Waals surface area contributed by atoms with Crippen LogP contribution in [0.2, 0.25) is 0 Å². The summed E-state index contributed by atoms with van der Waals surface area (Å²) in [5.74, 6) is -2.15. The molecule has 0 bridgehead atoms. The zero-order valence-electron chi connectivity index (χ0n) is 10.2. The lowest BCUT2D eigenvalue weighted by molar-refractivity contribution is -0.140. The van der Waals surface area contributed by atoms with Crippen LogP contribution in [0.15, 0.2) is 30.5 Å². The minimum atomic E-state index is -0.840. The van der Waals surface area contributed by atoms with Crippen LogP contribution in [0.3, 0.4) is 0 Å². The maximum absolute atomic E-state index is 12.0. The van der Waals surface area contributed by atoms with Crippen molar-refractivity contribution >= 4 is 28.6 Å². The number of Topliss-reactive ketones (excluding diaryl/α,β-unsaturated/α-hetero) is 1. The Morgan fingerprint density at radius 1 is 1.26 bits per heavy atom. The van der Waals surface area contributed by atoms with E-state index in [4.69, 9.17) is 0 Å². The maximum atomic E-state index is 12.0. The smallest absolute Gasteiger partial charge is 0.325 e. The second-order valence-corrected chi connectivity index (χ2v) is 3.84. The summed E-state index contributed by atoms with van der Waals surface area (Å²) >= 11 is 0. The molecular weight excluding hydrogens is 248 g/mol. The molecule has 2 aromatic rings. The molecule has 0 saturated carbocycles. The van der Waals surface area contributed by atoms with Crippen LogP contribution in [-0.2, 0) is 14.3 Å². The van der Waals surface area contributed by atoms with Gasteiger partial charge in [0.1, 0.15) is 6.54 Å². The molecule has 1 amide bonds. The zero-order valence-corrected chi connectivity index (χ0v) is 10.2. The molecule has 0 aliphatic rings. The number of methoxy groups -OCH3 is 1. The number of ether oxygens (including phenoxy) is 1. The van der Waals surface area contributed by atoms with Crippen LogP contribution < -0.4 is 5.32 Å². The van der Waals surface area contributed by atoms with Crippen LogP contribution in [-0.4, -0.2) is 36.3 Å². The largest absolute Gasteiger partial charge is 0.468 e. The lowest BCUT2D eigenvalue weighted by atomic mass is 10.1. The fourth-order valence-corrected chi connectivity index (χ4v) is 1.70. The van der Waals surface area contributed by atoms with E-state index in [1.807, 2.05) is 6.07 Å². The zero-order chi connectivity index (χ0) is 13.8. The molecule has 0 radical (unpaired) electrons. The number of benzene rings is 1. The van der Waals surface area contributed by atoms with Crippen LogP contribution in [0.25, 0.3) is 10.9 Å². The van der Waals surface area contributed by atoms with Gasteiger partial charge in [-0.15, -0.1) is 0 Å². The predicted octanol–water partition coefficient (Wildman–Crippen LogP) is 0.640. The van der Waals surface area contributed by atoms with Crippen molar-refractivity contribution in [3.63, 3.8) is 0 Å². The van der Waals surface area contributed by atoms with Crippen molar-refractivity contribution in [3.05, 3.63) is 36.0 Å². The standard InChI is InChI=1S/C13H12N2O4/c1-19-10(16)7-15-13(18)12(17)9-4-2-3-8-5-6-14-11(8)9/h2-6,14H,7H2,1H3,(H,15,18). The fourth-order valence-electron chi connectivity index (χ4n) is 1.70. The first-order valence-corrected chi connectivity index (χ1v) is 5.59. The molecule has 0 atom stereocenters. The molecule has 0 fully saturated rings. The van der Waals surface area contributed by atoms with E-state index >= 15 is 0 Å². The summed E-state index contributed by atoms with van der Waals surface area (Å²) < 4.78 is 4.37. The molecule has 0 unspecified atom stereocenters. The summed E-state index contributed by atoms with van der Waals surface area (Å²) in [6, 6.07) is 6.88. The van der Waals surface area contributed by atoms with Gasteiger partial charge in [0.05, 0.1) is 18.2 Å². The molecule has 1 aromatic heterocycles. The van der Waals surface area contributed by atoms with E-state index in [9.17, 15) is 14.4 Å². The molecular formula is C13H12N2O4. The van der Waals surface area contributed by atoms with E-state index in [1.54, 1.807) is 24.4 Å². The molecule has 0 saturated heterocycles. The summed E-state index contributed by atoms with van der Waals surface area (Å²) in [6.45, 7) is -0.332. The Hall–Kier alpha value is -2.63. The Kier molecular flexibility index (Phi) is 3.61. The fraction of sp³-hybridized carbons (Fsp3) is 0.154. The van der Waals surface area contributed by atoms with Gasteiger partial charge in [0, 0.05) is 11.6 Å². The van der Waals surface area contributed by atoms with Crippen molar-refractivity contribution in [2.24, 2.45) is 0 Å². The molecule has 6 nitrogen and oxygen atoms in total. The number of carbonyl (C=O) groups is 3. The molecule has 0 aliphatic carbocycles. The summed E-state index contributed by atoms with van der Waals surface area (Å²) in [6.07, 6.45) is 1.69. The normalized spacial score (nSPS) is 10.2. The number of rotatable bonds is 4. The minimum absolute atomic E-state index is 0.268. The first-order valence-electron chi connectivity index (χ1n) is 5.59. The Morgan fingerprint density at radius 2 is 2.05 bits per heavy atom. The number of hydrogen-bond acceptors (Lipinski definition) is 4. The average molecular weight is 260 g/mol. The van der Waals surface area contributed by atoms with E-state index in [0.717, 1.165) is 5.39 Å². The Bertz CT molecular complexity index is 645. The number of hydrogen-bond donors (Lipinski definition) is 2. The molecule has 0 spiro atoms. The second kappa shape index (κ2) is 5.34. The number of fused-ring (bicyclic) bond motifs is 1. The highest BCUT2D eigenvalue weighted by molar-refractivity contribution is 6.44. The number of H-pyrrole nitrogens is 1. The van der Waals surface area contributed by atoms with Gasteiger partial charge in [0.25, 0.3) is 11.7 Å². The van der Waals surface area contributed by atoms with Crippen molar-refractivity contribution in [3.8, 4) is 0 Å². The Balaban J connectivity index is 2.17. The van der Waals surface area contributed by atoms with Gasteiger partial charge in [-0.05, 0) is 12.1 Å². The number of nitrogens with one attached hydrogen (secondary N) is 2. The number of aromatic amines is 1. The number of carbonyl (C=O) groups excluding carboxylic acids is 3. The SMILES string of the molecule is COC(=O)CNC(=O)C(=O)c1cccc2cc[nH]c12. The third kappa shape index (κ3) is 2.62. The summed E-state index contributed by atoms with van der Waals surface area (Å²) in [7, 11) is 1.20. The Morgan fingerprint density at radius 3 is 2.79 bits per heavy atom. The van der Waals surface area contributed by atoms with Gasteiger partial charge in [0.2, 0.25) is 0 Å². The Labute approximate surface area is 108 Å². The number of esters is 1. The van der Waals surface area contributed by atoms with Gasteiger partial charge < -0.3 is 15.0 Å². The topological polar surface area (TPSA) is 88.3 Å². The summed E-state index contributed by atoms with van der Waals surface area (Å²) in [5.41, 5.74) is 0.866. The highest BCUT2D eigenvalue weighted by Crippen LogP contribution is 2.17. The van der Waals surface area contributed by atoms with Crippen LogP contribution in [0.1, 0.15) is 10.4 Å². The van der Waals surface area contributed by atoms with Gasteiger partial charge in [0.15, 0.2) is 0 Å². The van der Waals surface area contributed by atoms with Crippen molar-refractivity contribution in [1.82, 2.24) is 10.3 Å². The maximum Gasteiger partial charge on any atom is 0.325 e. The quantitative estimate of drug-likeness (QED) is 0.479. The number of amides is 1. The van der Waals surface area contributed by atoms with Crippen LogP contribution >= 0.6 is 0 Å². The third-order valence-corrected chi connectivity index (χ3v) is 2.66. The monoisotopic (exact) mass is 260 g/mol. The summed E-state index contributed by atoms with van der Waals surface area (Å²) in [5, 5.41) is 3.05. The van der Waals surface area contributed by atoms with E-state index in [-0.39, 0.29) is 12.1 Å². The molecule has 19 heavy (non-hydrogen) atoms. The average Bonchev–Trinajstić information content (AvgIpc) is 2.91. The number of para-hydroxylation sites is 1. The van der Waals surface area contributed by atoms with Gasteiger partial charge in [-0.2, -0.15) is 0 Å². The third-order valence-electron chi connectivity index (χ3n) is 2.66.